The molecule has 0 aromatic carbocycles. The van der Waals surface area contributed by atoms with E-state index in [-0.39, 0.29) is 17.9 Å². The highest BCUT2D eigenvalue weighted by molar-refractivity contribution is 5.71. The van der Waals surface area contributed by atoms with Crippen molar-refractivity contribution in [3.05, 3.63) is 0 Å². The Morgan fingerprint density at radius 1 is 1.50 bits per heavy atom. The molecule has 0 aliphatic heterocycles. The van der Waals surface area contributed by atoms with Gasteiger partial charge in [-0.3, -0.25) is 4.79 Å². The topological polar surface area (TPSA) is 49.3 Å². The van der Waals surface area contributed by atoms with Crippen molar-refractivity contribution in [1.29, 1.82) is 0 Å². The first kappa shape index (κ1) is 11.4. The number of rotatable bonds is 5. The molecule has 0 saturated heterocycles. The molecule has 2 atom stereocenters. The lowest BCUT2D eigenvalue weighted by atomic mass is 9.87. The molecule has 72 valence electrons. The van der Waals surface area contributed by atoms with Crippen LogP contribution in [-0.4, -0.2) is 24.2 Å². The molecule has 0 aliphatic carbocycles. The van der Waals surface area contributed by atoms with Crippen LogP contribution in [0, 0.1) is 11.8 Å². The lowest BCUT2D eigenvalue weighted by Gasteiger charge is -2.25. The maximum atomic E-state index is 10.9. The van der Waals surface area contributed by atoms with Gasteiger partial charge in [-0.1, -0.05) is 20.8 Å². The second-order valence-electron chi connectivity index (χ2n) is 3.41. The van der Waals surface area contributed by atoms with Gasteiger partial charge in [0.2, 0.25) is 0 Å². The summed E-state index contributed by atoms with van der Waals surface area (Å²) in [4.78, 5) is 10.9. The molecule has 3 heteroatoms. The van der Waals surface area contributed by atoms with Crippen molar-refractivity contribution in [2.24, 2.45) is 11.8 Å². The second kappa shape index (κ2) is 5.14. The number of hydrogen-bond acceptors (Lipinski definition) is 2. The third kappa shape index (κ3) is 2.81. The summed E-state index contributed by atoms with van der Waals surface area (Å²) in [6.45, 7) is 5.89. The lowest BCUT2D eigenvalue weighted by molar-refractivity contribution is -0.144. The highest BCUT2D eigenvalue weighted by Crippen LogP contribution is 2.17. The van der Waals surface area contributed by atoms with Gasteiger partial charge in [-0.25, -0.2) is 0 Å². The zero-order chi connectivity index (χ0) is 9.72. The molecule has 0 amide bonds. The highest BCUT2D eigenvalue weighted by Gasteiger charge is 2.28. The van der Waals surface area contributed by atoms with Crippen LogP contribution in [0.1, 0.15) is 27.2 Å². The normalized spacial score (nSPS) is 16.1. The quantitative estimate of drug-likeness (QED) is 0.659. The molecule has 3 nitrogen and oxygen atoms in total. The maximum absolute atomic E-state index is 10.9. The Labute approximate surface area is 74.2 Å². The standard InChI is InChI=1S/C9H19NO2/c1-5-7(10-4)8(6(2)3)9(11)12/h6-8,10H,5H2,1-4H3,(H,11,12). The molecule has 0 aliphatic rings. The summed E-state index contributed by atoms with van der Waals surface area (Å²) in [7, 11) is 1.81. The number of carboxylic acids is 1. The molecule has 2 unspecified atom stereocenters. The van der Waals surface area contributed by atoms with Crippen molar-refractivity contribution >= 4 is 5.97 Å². The number of nitrogens with one attached hydrogen (secondary N) is 1. The van der Waals surface area contributed by atoms with Crippen molar-refractivity contribution in [2.45, 2.75) is 33.2 Å². The Morgan fingerprint density at radius 3 is 2.08 bits per heavy atom. The van der Waals surface area contributed by atoms with E-state index in [9.17, 15) is 4.79 Å². The predicted octanol–water partition coefficient (Wildman–Crippen LogP) is 1.34. The van der Waals surface area contributed by atoms with E-state index in [0.29, 0.717) is 0 Å². The fourth-order valence-electron chi connectivity index (χ4n) is 1.56. The van der Waals surface area contributed by atoms with Crippen LogP contribution in [0.5, 0.6) is 0 Å². The molecule has 0 saturated carbocycles. The third-order valence-electron chi connectivity index (χ3n) is 2.25. The SMILES string of the molecule is CCC(NC)C(C(=O)O)C(C)C. The molecule has 0 heterocycles. The Hall–Kier alpha value is -0.570. The zero-order valence-electron chi connectivity index (χ0n) is 8.29. The molecule has 0 aromatic rings. The molecule has 0 spiro atoms. The van der Waals surface area contributed by atoms with Gasteiger partial charge in [0.05, 0.1) is 5.92 Å². The van der Waals surface area contributed by atoms with Crippen LogP contribution >= 0.6 is 0 Å². The fourth-order valence-corrected chi connectivity index (χ4v) is 1.56. The number of hydrogen-bond donors (Lipinski definition) is 2. The van der Waals surface area contributed by atoms with Crippen molar-refractivity contribution in [1.82, 2.24) is 5.32 Å². The molecule has 0 fully saturated rings. The summed E-state index contributed by atoms with van der Waals surface area (Å²) in [6.07, 6.45) is 0.853. The van der Waals surface area contributed by atoms with Crippen LogP contribution in [0.25, 0.3) is 0 Å². The van der Waals surface area contributed by atoms with Crippen LogP contribution in [0.2, 0.25) is 0 Å². The summed E-state index contributed by atoms with van der Waals surface area (Å²) < 4.78 is 0. The van der Waals surface area contributed by atoms with Gasteiger partial charge in [-0.2, -0.15) is 0 Å². The first-order valence-corrected chi connectivity index (χ1v) is 4.44. The number of carbonyl (C=O) groups is 1. The van der Waals surface area contributed by atoms with Crippen LogP contribution in [0.4, 0.5) is 0 Å². The monoisotopic (exact) mass is 173 g/mol. The largest absolute Gasteiger partial charge is 0.481 e. The Kier molecular flexibility index (Phi) is 4.90. The number of aliphatic carboxylic acids is 1. The predicted molar refractivity (Wildman–Crippen MR) is 49.1 cm³/mol. The molecular weight excluding hydrogens is 154 g/mol. The Bertz CT molecular complexity index is 141. The summed E-state index contributed by atoms with van der Waals surface area (Å²) in [6, 6.07) is 0.0856. The van der Waals surface area contributed by atoms with E-state index in [1.807, 2.05) is 27.8 Å². The van der Waals surface area contributed by atoms with Gasteiger partial charge < -0.3 is 10.4 Å². The molecule has 0 bridgehead atoms. The highest BCUT2D eigenvalue weighted by atomic mass is 16.4. The van der Waals surface area contributed by atoms with Crippen LogP contribution < -0.4 is 5.32 Å². The Balaban J connectivity index is 4.36. The summed E-state index contributed by atoms with van der Waals surface area (Å²) in [5, 5.41) is 12.0. The average Bonchev–Trinajstić information content (AvgIpc) is 1.98. The molecule has 2 N–H and O–H groups in total. The second-order valence-corrected chi connectivity index (χ2v) is 3.41. The van der Waals surface area contributed by atoms with E-state index in [2.05, 4.69) is 5.32 Å². The van der Waals surface area contributed by atoms with Gasteiger partial charge in [0.25, 0.3) is 0 Å². The fraction of sp³-hybridized carbons (Fsp3) is 0.889. The van der Waals surface area contributed by atoms with Gasteiger partial charge >= 0.3 is 5.97 Å². The minimum Gasteiger partial charge on any atom is -0.481 e. The molecule has 0 radical (unpaired) electrons. The van der Waals surface area contributed by atoms with Crippen LogP contribution in [0.15, 0.2) is 0 Å². The molecule has 0 aromatic heterocycles. The third-order valence-corrected chi connectivity index (χ3v) is 2.25. The molecular formula is C9H19NO2. The first-order valence-electron chi connectivity index (χ1n) is 4.44. The average molecular weight is 173 g/mol. The van der Waals surface area contributed by atoms with Crippen molar-refractivity contribution in [3.8, 4) is 0 Å². The zero-order valence-corrected chi connectivity index (χ0v) is 8.29. The maximum Gasteiger partial charge on any atom is 0.308 e. The van der Waals surface area contributed by atoms with E-state index in [1.165, 1.54) is 0 Å². The minimum atomic E-state index is -0.703. The van der Waals surface area contributed by atoms with Gasteiger partial charge in [0.1, 0.15) is 0 Å². The number of carboxylic acid groups (broad SMARTS) is 1. The van der Waals surface area contributed by atoms with Crippen LogP contribution in [-0.2, 0) is 4.79 Å². The summed E-state index contributed by atoms with van der Waals surface area (Å²) in [5.74, 6) is -0.800. The van der Waals surface area contributed by atoms with Gasteiger partial charge in [0, 0.05) is 6.04 Å². The van der Waals surface area contributed by atoms with Crippen molar-refractivity contribution in [3.63, 3.8) is 0 Å². The van der Waals surface area contributed by atoms with E-state index in [0.717, 1.165) is 6.42 Å². The van der Waals surface area contributed by atoms with Crippen LogP contribution in [0.3, 0.4) is 0 Å². The van der Waals surface area contributed by atoms with E-state index in [4.69, 9.17) is 5.11 Å². The smallest absolute Gasteiger partial charge is 0.308 e. The van der Waals surface area contributed by atoms with E-state index in [1.54, 1.807) is 0 Å². The van der Waals surface area contributed by atoms with Gasteiger partial charge in [-0.15, -0.1) is 0 Å². The lowest BCUT2D eigenvalue weighted by Crippen LogP contribution is -2.40. The summed E-state index contributed by atoms with van der Waals surface area (Å²) in [5.41, 5.74) is 0. The van der Waals surface area contributed by atoms with E-state index >= 15 is 0 Å². The first-order chi connectivity index (χ1) is 5.54. The summed E-state index contributed by atoms with van der Waals surface area (Å²) >= 11 is 0. The molecule has 0 rings (SSSR count). The Morgan fingerprint density at radius 2 is 2.00 bits per heavy atom. The molecule has 12 heavy (non-hydrogen) atoms. The van der Waals surface area contributed by atoms with Crippen molar-refractivity contribution in [2.75, 3.05) is 7.05 Å². The van der Waals surface area contributed by atoms with Gasteiger partial charge in [0.15, 0.2) is 0 Å². The van der Waals surface area contributed by atoms with Crippen molar-refractivity contribution < 1.29 is 9.90 Å². The van der Waals surface area contributed by atoms with E-state index < -0.39 is 5.97 Å². The minimum absolute atomic E-state index is 0.0856. The van der Waals surface area contributed by atoms with Gasteiger partial charge in [-0.05, 0) is 19.4 Å².